The predicted molar refractivity (Wildman–Crippen MR) is 87.9 cm³/mol. The number of likely N-dealkylation sites (tertiary alicyclic amines) is 1. The molecule has 122 valence electrons. The Labute approximate surface area is 138 Å². The number of carbonyl (C=O) groups is 1. The zero-order chi connectivity index (χ0) is 16.2. The number of nitrogens with one attached hydrogen (secondary N) is 1. The van der Waals surface area contributed by atoms with Crippen molar-refractivity contribution >= 4 is 22.9 Å². The zero-order valence-corrected chi connectivity index (χ0v) is 13.8. The van der Waals surface area contributed by atoms with Crippen molar-refractivity contribution in [2.24, 2.45) is 5.92 Å². The Hall–Kier alpha value is -1.86. The lowest BCUT2D eigenvalue weighted by Crippen LogP contribution is -2.32. The summed E-state index contributed by atoms with van der Waals surface area (Å²) in [7, 11) is 0. The lowest BCUT2D eigenvalue weighted by Gasteiger charge is -2.29. The van der Waals surface area contributed by atoms with Gasteiger partial charge in [-0.15, -0.1) is 10.2 Å². The highest BCUT2D eigenvalue weighted by atomic mass is 32.1. The van der Waals surface area contributed by atoms with Gasteiger partial charge in [0.15, 0.2) is 0 Å². The number of nitrogens with zero attached hydrogens (tertiary/aromatic N) is 3. The van der Waals surface area contributed by atoms with E-state index in [4.69, 9.17) is 0 Å². The van der Waals surface area contributed by atoms with Crippen LogP contribution >= 0.6 is 11.3 Å². The van der Waals surface area contributed by atoms with E-state index in [1.165, 1.54) is 48.4 Å². The molecule has 0 saturated carbocycles. The number of rotatable bonds is 4. The van der Waals surface area contributed by atoms with Crippen LogP contribution in [0.2, 0.25) is 0 Å². The van der Waals surface area contributed by atoms with Crippen molar-refractivity contribution in [2.75, 3.05) is 18.4 Å². The molecular formula is C16H19FN4OS. The Morgan fingerprint density at radius 3 is 2.70 bits per heavy atom. The minimum absolute atomic E-state index is 0.312. The molecule has 0 bridgehead atoms. The molecular weight excluding hydrogens is 315 g/mol. The molecule has 23 heavy (non-hydrogen) atoms. The predicted octanol–water partition coefficient (Wildman–Crippen LogP) is 3.16. The standard InChI is InChI=1S/C16H19FN4OS/c1-11-6-8-21(9-7-11)10-14-19-20-16(23-14)15(22)18-13-4-2-12(17)3-5-13/h2-5,11H,6-10H2,1H3,(H,18,22). The summed E-state index contributed by atoms with van der Waals surface area (Å²) in [5.41, 5.74) is 0.540. The maximum atomic E-state index is 12.9. The summed E-state index contributed by atoms with van der Waals surface area (Å²) in [5, 5.41) is 12.0. The van der Waals surface area contributed by atoms with Crippen LogP contribution in [-0.4, -0.2) is 34.1 Å². The van der Waals surface area contributed by atoms with Gasteiger partial charge in [0.2, 0.25) is 5.01 Å². The molecule has 1 aromatic carbocycles. The van der Waals surface area contributed by atoms with Crippen LogP contribution < -0.4 is 5.32 Å². The number of piperidine rings is 1. The van der Waals surface area contributed by atoms with Crippen LogP contribution in [0.15, 0.2) is 24.3 Å². The van der Waals surface area contributed by atoms with Crippen LogP contribution in [-0.2, 0) is 6.54 Å². The molecule has 0 atom stereocenters. The second kappa shape index (κ2) is 7.14. The summed E-state index contributed by atoms with van der Waals surface area (Å²) >= 11 is 1.31. The number of hydrogen-bond acceptors (Lipinski definition) is 5. The summed E-state index contributed by atoms with van der Waals surface area (Å²) in [4.78, 5) is 14.5. The summed E-state index contributed by atoms with van der Waals surface area (Å²) in [6.45, 7) is 5.16. The van der Waals surface area contributed by atoms with Gasteiger partial charge in [-0.05, 0) is 56.1 Å². The third-order valence-corrected chi connectivity index (χ3v) is 4.91. The van der Waals surface area contributed by atoms with Crippen molar-refractivity contribution < 1.29 is 9.18 Å². The molecule has 0 aliphatic carbocycles. The molecule has 0 radical (unpaired) electrons. The first-order chi connectivity index (χ1) is 11.1. The first kappa shape index (κ1) is 16.0. The summed E-state index contributed by atoms with van der Waals surface area (Å²) in [6.07, 6.45) is 2.41. The second-order valence-electron chi connectivity index (χ2n) is 5.92. The fraction of sp³-hybridized carbons (Fsp3) is 0.438. The van der Waals surface area contributed by atoms with Gasteiger partial charge in [-0.1, -0.05) is 18.3 Å². The van der Waals surface area contributed by atoms with Crippen molar-refractivity contribution in [3.63, 3.8) is 0 Å². The van der Waals surface area contributed by atoms with Gasteiger partial charge in [0, 0.05) is 5.69 Å². The Morgan fingerprint density at radius 2 is 2.00 bits per heavy atom. The molecule has 3 rings (SSSR count). The average molecular weight is 334 g/mol. The normalized spacial score (nSPS) is 16.4. The fourth-order valence-electron chi connectivity index (χ4n) is 2.54. The first-order valence-corrected chi connectivity index (χ1v) is 8.53. The average Bonchev–Trinajstić information content (AvgIpc) is 3.00. The third-order valence-electron chi connectivity index (χ3n) is 4.00. The van der Waals surface area contributed by atoms with E-state index in [0.29, 0.717) is 10.7 Å². The highest BCUT2D eigenvalue weighted by Gasteiger charge is 2.19. The van der Waals surface area contributed by atoms with E-state index in [1.54, 1.807) is 0 Å². The van der Waals surface area contributed by atoms with Gasteiger partial charge in [-0.25, -0.2) is 4.39 Å². The monoisotopic (exact) mass is 334 g/mol. The smallest absolute Gasteiger partial charge is 0.286 e. The van der Waals surface area contributed by atoms with Crippen molar-refractivity contribution in [1.82, 2.24) is 15.1 Å². The van der Waals surface area contributed by atoms with Crippen molar-refractivity contribution in [1.29, 1.82) is 0 Å². The maximum Gasteiger partial charge on any atom is 0.286 e. The van der Waals surface area contributed by atoms with Crippen LogP contribution in [0, 0.1) is 11.7 Å². The van der Waals surface area contributed by atoms with Gasteiger partial charge in [0.25, 0.3) is 5.91 Å². The zero-order valence-electron chi connectivity index (χ0n) is 13.0. The topological polar surface area (TPSA) is 58.1 Å². The van der Waals surface area contributed by atoms with Crippen LogP contribution in [0.25, 0.3) is 0 Å². The van der Waals surface area contributed by atoms with Crippen LogP contribution in [0.3, 0.4) is 0 Å². The molecule has 2 heterocycles. The van der Waals surface area contributed by atoms with E-state index >= 15 is 0 Å². The number of aromatic nitrogens is 2. The summed E-state index contributed by atoms with van der Waals surface area (Å²) in [6, 6.07) is 5.64. The Balaban J connectivity index is 1.57. The number of anilines is 1. The summed E-state index contributed by atoms with van der Waals surface area (Å²) < 4.78 is 12.9. The highest BCUT2D eigenvalue weighted by molar-refractivity contribution is 7.13. The minimum atomic E-state index is -0.336. The van der Waals surface area contributed by atoms with E-state index in [1.807, 2.05) is 0 Å². The number of carbonyl (C=O) groups excluding carboxylic acids is 1. The second-order valence-corrected chi connectivity index (χ2v) is 6.98. The van der Waals surface area contributed by atoms with Crippen LogP contribution in [0.5, 0.6) is 0 Å². The summed E-state index contributed by atoms with van der Waals surface area (Å²) in [5.74, 6) is 0.141. The molecule has 1 aliphatic heterocycles. The van der Waals surface area contributed by atoms with Gasteiger partial charge in [-0.2, -0.15) is 0 Å². The molecule has 1 N–H and O–H groups in total. The molecule has 5 nitrogen and oxygen atoms in total. The van der Waals surface area contributed by atoms with Gasteiger partial charge >= 0.3 is 0 Å². The SMILES string of the molecule is CC1CCN(Cc2nnc(C(=O)Nc3ccc(F)cc3)s2)CC1. The highest BCUT2D eigenvalue weighted by Crippen LogP contribution is 2.20. The molecule has 7 heteroatoms. The van der Waals surface area contributed by atoms with Crippen LogP contribution in [0.4, 0.5) is 10.1 Å². The molecule has 0 unspecified atom stereocenters. The molecule has 1 aliphatic rings. The Bertz CT molecular complexity index is 665. The molecule has 2 aromatic rings. The van der Waals surface area contributed by atoms with Gasteiger partial charge in [-0.3, -0.25) is 9.69 Å². The number of amides is 1. The molecule has 0 spiro atoms. The van der Waals surface area contributed by atoms with Crippen molar-refractivity contribution in [2.45, 2.75) is 26.3 Å². The van der Waals surface area contributed by atoms with Crippen molar-refractivity contribution in [3.05, 3.63) is 40.1 Å². The molecule has 1 amide bonds. The van der Waals surface area contributed by atoms with Gasteiger partial charge in [0.1, 0.15) is 10.8 Å². The number of hydrogen-bond donors (Lipinski definition) is 1. The lowest BCUT2D eigenvalue weighted by molar-refractivity contribution is 0.102. The Morgan fingerprint density at radius 1 is 1.30 bits per heavy atom. The Kier molecular flexibility index (Phi) is 4.97. The van der Waals surface area contributed by atoms with E-state index in [2.05, 4.69) is 27.3 Å². The maximum absolute atomic E-state index is 12.9. The van der Waals surface area contributed by atoms with E-state index in [0.717, 1.165) is 30.6 Å². The van der Waals surface area contributed by atoms with Gasteiger partial charge in [0.05, 0.1) is 6.54 Å². The van der Waals surface area contributed by atoms with Gasteiger partial charge < -0.3 is 5.32 Å². The fourth-order valence-corrected chi connectivity index (χ4v) is 3.32. The number of halogens is 1. The third kappa shape index (κ3) is 4.33. The number of benzene rings is 1. The van der Waals surface area contributed by atoms with Crippen molar-refractivity contribution in [3.8, 4) is 0 Å². The minimum Gasteiger partial charge on any atom is -0.320 e. The lowest BCUT2D eigenvalue weighted by atomic mass is 9.99. The molecule has 1 fully saturated rings. The van der Waals surface area contributed by atoms with Crippen LogP contribution in [0.1, 0.15) is 34.6 Å². The quantitative estimate of drug-likeness (QED) is 0.933. The van der Waals surface area contributed by atoms with E-state index in [-0.39, 0.29) is 11.7 Å². The molecule has 1 saturated heterocycles. The van der Waals surface area contributed by atoms with E-state index in [9.17, 15) is 9.18 Å². The first-order valence-electron chi connectivity index (χ1n) is 7.72. The van der Waals surface area contributed by atoms with E-state index < -0.39 is 0 Å². The molecule has 1 aromatic heterocycles. The largest absolute Gasteiger partial charge is 0.320 e.